The van der Waals surface area contributed by atoms with Gasteiger partial charge in [0.05, 0.1) is 6.54 Å². The molecule has 1 fully saturated rings. The van der Waals surface area contributed by atoms with Gasteiger partial charge in [-0.15, -0.1) is 0 Å². The number of carbonyl (C=O) groups is 1. The van der Waals surface area contributed by atoms with Crippen LogP contribution in [0.4, 0.5) is 0 Å². The molecule has 1 aliphatic rings. The van der Waals surface area contributed by atoms with Gasteiger partial charge in [0.2, 0.25) is 5.91 Å². The highest BCUT2D eigenvalue weighted by Crippen LogP contribution is 2.34. The summed E-state index contributed by atoms with van der Waals surface area (Å²) >= 11 is 6.49. The number of hydrogen-bond acceptors (Lipinski definition) is 2. The molecule has 0 atom stereocenters. The highest BCUT2D eigenvalue weighted by molar-refractivity contribution is 6.31. The van der Waals surface area contributed by atoms with Gasteiger partial charge in [-0.05, 0) is 55.0 Å². The second-order valence-electron chi connectivity index (χ2n) is 6.77. The second-order valence-corrected chi connectivity index (χ2v) is 7.18. The van der Waals surface area contributed by atoms with Gasteiger partial charge in [0, 0.05) is 19.1 Å². The number of rotatable bonds is 4. The molecule has 122 valence electrons. The minimum absolute atomic E-state index is 0.178. The van der Waals surface area contributed by atoms with E-state index in [-0.39, 0.29) is 5.91 Å². The molecule has 1 aliphatic heterocycles. The maximum Gasteiger partial charge on any atom is 0.236 e. The van der Waals surface area contributed by atoms with Crippen molar-refractivity contribution in [2.75, 3.05) is 33.7 Å². The lowest BCUT2D eigenvalue weighted by atomic mass is 9.88. The van der Waals surface area contributed by atoms with E-state index in [1.807, 2.05) is 14.1 Å². The monoisotopic (exact) mass is 322 g/mol. The topological polar surface area (TPSA) is 23.6 Å². The largest absolute Gasteiger partial charge is 0.348 e. The zero-order valence-corrected chi connectivity index (χ0v) is 14.9. The first-order valence-corrected chi connectivity index (χ1v) is 8.48. The third kappa shape index (κ3) is 4.23. The number of nitrogens with zero attached hydrogens (tertiary/aromatic N) is 2. The Balaban J connectivity index is 1.96. The minimum Gasteiger partial charge on any atom is -0.348 e. The van der Waals surface area contributed by atoms with Crippen LogP contribution in [0, 0.1) is 0 Å². The van der Waals surface area contributed by atoms with Gasteiger partial charge in [0.15, 0.2) is 0 Å². The maximum absolute atomic E-state index is 11.8. The average Bonchev–Trinajstić information content (AvgIpc) is 2.48. The SMILES string of the molecule is CC(C)c1ccc(C2CCN(CC(=O)N(C)C)CC2)c(Cl)c1. The summed E-state index contributed by atoms with van der Waals surface area (Å²) in [5, 5.41) is 0.897. The van der Waals surface area contributed by atoms with Crippen LogP contribution in [0.25, 0.3) is 0 Å². The molecule has 0 spiro atoms. The normalized spacial score (nSPS) is 17.0. The van der Waals surface area contributed by atoms with Crippen LogP contribution in [-0.2, 0) is 4.79 Å². The second kappa shape index (κ2) is 7.47. The van der Waals surface area contributed by atoms with E-state index in [2.05, 4.69) is 36.9 Å². The standard InChI is InChI=1S/C18H27ClN2O/c1-13(2)15-5-6-16(17(19)11-15)14-7-9-21(10-8-14)12-18(22)20(3)4/h5-6,11,13-14H,7-10,12H2,1-4H3. The molecular formula is C18H27ClN2O. The lowest BCUT2D eigenvalue weighted by Crippen LogP contribution is -2.40. The van der Waals surface area contributed by atoms with Crippen molar-refractivity contribution in [2.45, 2.75) is 38.5 Å². The van der Waals surface area contributed by atoms with E-state index >= 15 is 0 Å². The summed E-state index contributed by atoms with van der Waals surface area (Å²) in [6, 6.07) is 6.51. The molecule has 22 heavy (non-hydrogen) atoms. The molecular weight excluding hydrogens is 296 g/mol. The summed E-state index contributed by atoms with van der Waals surface area (Å²) in [6.45, 7) is 6.83. The fraction of sp³-hybridized carbons (Fsp3) is 0.611. The van der Waals surface area contributed by atoms with E-state index < -0.39 is 0 Å². The summed E-state index contributed by atoms with van der Waals surface area (Å²) in [6.07, 6.45) is 2.14. The van der Waals surface area contributed by atoms with Gasteiger partial charge in [0.25, 0.3) is 0 Å². The van der Waals surface area contributed by atoms with Crippen LogP contribution in [0.5, 0.6) is 0 Å². The fourth-order valence-electron chi connectivity index (χ4n) is 2.97. The highest BCUT2D eigenvalue weighted by Gasteiger charge is 2.24. The van der Waals surface area contributed by atoms with E-state index in [9.17, 15) is 4.79 Å². The van der Waals surface area contributed by atoms with Gasteiger partial charge in [-0.1, -0.05) is 37.6 Å². The first kappa shape index (κ1) is 17.3. The zero-order valence-electron chi connectivity index (χ0n) is 14.1. The van der Waals surface area contributed by atoms with Gasteiger partial charge in [-0.3, -0.25) is 9.69 Å². The van der Waals surface area contributed by atoms with Gasteiger partial charge in [-0.25, -0.2) is 0 Å². The molecule has 0 aliphatic carbocycles. The van der Waals surface area contributed by atoms with Crippen molar-refractivity contribution in [3.8, 4) is 0 Å². The summed E-state index contributed by atoms with van der Waals surface area (Å²) < 4.78 is 0. The molecule has 2 rings (SSSR count). The van der Waals surface area contributed by atoms with Crippen LogP contribution in [-0.4, -0.2) is 49.4 Å². The van der Waals surface area contributed by atoms with E-state index in [4.69, 9.17) is 11.6 Å². The third-order valence-corrected chi connectivity index (χ3v) is 4.90. The molecule has 1 saturated heterocycles. The Morgan fingerprint density at radius 3 is 2.45 bits per heavy atom. The first-order valence-electron chi connectivity index (χ1n) is 8.10. The Labute approximate surface area is 139 Å². The van der Waals surface area contributed by atoms with Crippen LogP contribution in [0.3, 0.4) is 0 Å². The Morgan fingerprint density at radius 2 is 1.95 bits per heavy atom. The van der Waals surface area contributed by atoms with E-state index in [0.29, 0.717) is 18.4 Å². The van der Waals surface area contributed by atoms with Crippen LogP contribution < -0.4 is 0 Å². The quantitative estimate of drug-likeness (QED) is 0.843. The predicted molar refractivity (Wildman–Crippen MR) is 92.7 cm³/mol. The average molecular weight is 323 g/mol. The van der Waals surface area contributed by atoms with Crippen molar-refractivity contribution >= 4 is 17.5 Å². The lowest BCUT2D eigenvalue weighted by molar-refractivity contribution is -0.130. The zero-order chi connectivity index (χ0) is 16.3. The molecule has 1 heterocycles. The Morgan fingerprint density at radius 1 is 1.32 bits per heavy atom. The Hall–Kier alpha value is -1.06. The summed E-state index contributed by atoms with van der Waals surface area (Å²) in [4.78, 5) is 15.7. The highest BCUT2D eigenvalue weighted by atomic mass is 35.5. The molecule has 0 aromatic heterocycles. The van der Waals surface area contributed by atoms with Crippen molar-refractivity contribution in [2.24, 2.45) is 0 Å². The fourth-order valence-corrected chi connectivity index (χ4v) is 3.31. The summed E-state index contributed by atoms with van der Waals surface area (Å²) in [5.41, 5.74) is 2.56. The van der Waals surface area contributed by atoms with Crippen molar-refractivity contribution in [1.82, 2.24) is 9.80 Å². The minimum atomic E-state index is 0.178. The van der Waals surface area contributed by atoms with Gasteiger partial charge >= 0.3 is 0 Å². The molecule has 0 N–H and O–H groups in total. The number of hydrogen-bond donors (Lipinski definition) is 0. The van der Waals surface area contributed by atoms with Gasteiger partial charge < -0.3 is 4.90 Å². The lowest BCUT2D eigenvalue weighted by Gasteiger charge is -2.32. The number of carbonyl (C=O) groups excluding carboxylic acids is 1. The van der Waals surface area contributed by atoms with Crippen molar-refractivity contribution in [1.29, 1.82) is 0 Å². The molecule has 0 unspecified atom stereocenters. The molecule has 1 aromatic carbocycles. The number of likely N-dealkylation sites (N-methyl/N-ethyl adjacent to an activating group) is 1. The molecule has 1 amide bonds. The van der Waals surface area contributed by atoms with Crippen LogP contribution in [0.15, 0.2) is 18.2 Å². The first-order chi connectivity index (χ1) is 10.4. The van der Waals surface area contributed by atoms with E-state index in [1.165, 1.54) is 11.1 Å². The Bertz CT molecular complexity index is 520. The number of likely N-dealkylation sites (tertiary alicyclic amines) is 1. The van der Waals surface area contributed by atoms with Crippen molar-refractivity contribution in [3.05, 3.63) is 34.3 Å². The third-order valence-electron chi connectivity index (χ3n) is 4.58. The van der Waals surface area contributed by atoms with Gasteiger partial charge in [0.1, 0.15) is 0 Å². The van der Waals surface area contributed by atoms with Crippen LogP contribution in [0.2, 0.25) is 5.02 Å². The maximum atomic E-state index is 11.8. The number of halogens is 1. The number of amides is 1. The smallest absolute Gasteiger partial charge is 0.236 e. The van der Waals surface area contributed by atoms with Crippen LogP contribution >= 0.6 is 11.6 Å². The van der Waals surface area contributed by atoms with E-state index in [1.54, 1.807) is 4.90 Å². The Kier molecular flexibility index (Phi) is 5.87. The molecule has 3 nitrogen and oxygen atoms in total. The van der Waals surface area contributed by atoms with Crippen LogP contribution in [0.1, 0.15) is 49.7 Å². The molecule has 0 saturated carbocycles. The van der Waals surface area contributed by atoms with E-state index in [0.717, 1.165) is 31.0 Å². The van der Waals surface area contributed by atoms with Crippen molar-refractivity contribution < 1.29 is 4.79 Å². The van der Waals surface area contributed by atoms with Gasteiger partial charge in [-0.2, -0.15) is 0 Å². The number of piperidine rings is 1. The summed E-state index contributed by atoms with van der Waals surface area (Å²) in [7, 11) is 3.62. The van der Waals surface area contributed by atoms with Crippen molar-refractivity contribution in [3.63, 3.8) is 0 Å². The summed E-state index contributed by atoms with van der Waals surface area (Å²) in [5.74, 6) is 1.20. The molecule has 1 aromatic rings. The number of benzene rings is 1. The molecule has 4 heteroatoms. The predicted octanol–water partition coefficient (Wildman–Crippen LogP) is 3.73. The molecule has 0 radical (unpaired) electrons. The molecule has 0 bridgehead atoms.